The van der Waals surface area contributed by atoms with Crippen LogP contribution in [0.4, 0.5) is 0 Å². The van der Waals surface area contributed by atoms with E-state index in [4.69, 9.17) is 4.84 Å². The van der Waals surface area contributed by atoms with Gasteiger partial charge in [-0.2, -0.15) is 0 Å². The standard InChI is InChI=1S/C13H18N4O/c1-4-8-16(9-5-1)10-11-18-17-13-7-3-2-6-12(13)14-15-17/h2-3,6-7H,1,4-5,8-11H2. The molecule has 1 aromatic heterocycles. The number of hydrogen-bond donors (Lipinski definition) is 0. The highest BCUT2D eigenvalue weighted by Gasteiger charge is 2.10. The first-order valence-corrected chi connectivity index (χ1v) is 6.59. The third-order valence-electron chi connectivity index (χ3n) is 3.39. The molecule has 1 saturated heterocycles. The SMILES string of the molecule is c1ccc2c(c1)nnn2OCCN1CCCCC1. The first kappa shape index (κ1) is 11.5. The third kappa shape index (κ3) is 2.46. The summed E-state index contributed by atoms with van der Waals surface area (Å²) in [5.74, 6) is 0. The minimum absolute atomic E-state index is 0.660. The lowest BCUT2D eigenvalue weighted by Gasteiger charge is -2.25. The maximum absolute atomic E-state index is 5.66. The van der Waals surface area contributed by atoms with Crippen molar-refractivity contribution in [1.29, 1.82) is 0 Å². The lowest BCUT2D eigenvalue weighted by molar-refractivity contribution is 0.0633. The van der Waals surface area contributed by atoms with Gasteiger partial charge in [-0.25, -0.2) is 0 Å². The van der Waals surface area contributed by atoms with Crippen molar-refractivity contribution in [3.63, 3.8) is 0 Å². The molecule has 0 unspecified atom stereocenters. The molecule has 1 fully saturated rings. The highest BCUT2D eigenvalue weighted by molar-refractivity contribution is 5.73. The molecule has 0 amide bonds. The molecule has 1 aliphatic rings. The Morgan fingerprint density at radius 3 is 2.83 bits per heavy atom. The van der Waals surface area contributed by atoms with E-state index in [1.807, 2.05) is 24.3 Å². The fourth-order valence-electron chi connectivity index (χ4n) is 2.38. The van der Waals surface area contributed by atoms with Gasteiger partial charge in [0.15, 0.2) is 0 Å². The molecule has 1 aliphatic heterocycles. The summed E-state index contributed by atoms with van der Waals surface area (Å²) in [5.41, 5.74) is 1.80. The number of fused-ring (bicyclic) bond motifs is 1. The molecule has 0 atom stereocenters. The van der Waals surface area contributed by atoms with Crippen LogP contribution < -0.4 is 4.84 Å². The van der Waals surface area contributed by atoms with Gasteiger partial charge in [0.2, 0.25) is 0 Å². The Hall–Kier alpha value is -1.62. The highest BCUT2D eigenvalue weighted by Crippen LogP contribution is 2.09. The largest absolute Gasteiger partial charge is 0.394 e. The summed E-state index contributed by atoms with van der Waals surface area (Å²) in [6, 6.07) is 7.83. The molecule has 3 rings (SSSR count). The van der Waals surface area contributed by atoms with E-state index < -0.39 is 0 Å². The van der Waals surface area contributed by atoms with Crippen molar-refractivity contribution < 1.29 is 4.84 Å². The second-order valence-electron chi connectivity index (χ2n) is 4.69. The van der Waals surface area contributed by atoms with Crippen LogP contribution >= 0.6 is 0 Å². The number of likely N-dealkylation sites (tertiary alicyclic amines) is 1. The zero-order valence-corrected chi connectivity index (χ0v) is 10.5. The van der Waals surface area contributed by atoms with E-state index in [0.717, 1.165) is 17.6 Å². The first-order valence-electron chi connectivity index (χ1n) is 6.59. The predicted octanol–water partition coefficient (Wildman–Crippen LogP) is 1.35. The number of rotatable bonds is 4. The summed E-state index contributed by atoms with van der Waals surface area (Å²) < 4.78 is 0. The van der Waals surface area contributed by atoms with Gasteiger partial charge in [-0.1, -0.05) is 23.4 Å². The van der Waals surface area contributed by atoms with Gasteiger partial charge in [0, 0.05) is 6.54 Å². The Kier molecular flexibility index (Phi) is 3.41. The smallest absolute Gasteiger partial charge is 0.130 e. The van der Waals surface area contributed by atoms with Crippen molar-refractivity contribution in [2.24, 2.45) is 0 Å². The molecule has 1 aromatic carbocycles. The second-order valence-corrected chi connectivity index (χ2v) is 4.69. The number of piperidine rings is 1. The van der Waals surface area contributed by atoms with Gasteiger partial charge < -0.3 is 4.84 Å². The minimum atomic E-state index is 0.660. The van der Waals surface area contributed by atoms with E-state index in [0.29, 0.717) is 6.61 Å². The van der Waals surface area contributed by atoms with Crippen LogP contribution in [0.2, 0.25) is 0 Å². The Labute approximate surface area is 106 Å². The van der Waals surface area contributed by atoms with Crippen molar-refractivity contribution in [3.05, 3.63) is 24.3 Å². The van der Waals surface area contributed by atoms with Gasteiger partial charge >= 0.3 is 0 Å². The number of para-hydroxylation sites is 1. The van der Waals surface area contributed by atoms with Crippen molar-refractivity contribution in [2.45, 2.75) is 19.3 Å². The van der Waals surface area contributed by atoms with Crippen LogP contribution in [0.15, 0.2) is 24.3 Å². The van der Waals surface area contributed by atoms with E-state index in [9.17, 15) is 0 Å². The zero-order chi connectivity index (χ0) is 12.2. The Morgan fingerprint density at radius 2 is 1.94 bits per heavy atom. The highest BCUT2D eigenvalue weighted by atomic mass is 16.7. The Bertz CT molecular complexity index is 504. The first-order chi connectivity index (χ1) is 8.93. The minimum Gasteiger partial charge on any atom is -0.394 e. The molecule has 96 valence electrons. The van der Waals surface area contributed by atoms with Crippen LogP contribution in [0.25, 0.3) is 11.0 Å². The van der Waals surface area contributed by atoms with Gasteiger partial charge in [0.1, 0.15) is 17.6 Å². The van der Waals surface area contributed by atoms with Gasteiger partial charge in [-0.15, -0.1) is 5.10 Å². The van der Waals surface area contributed by atoms with Crippen LogP contribution in [-0.4, -0.2) is 46.3 Å². The van der Waals surface area contributed by atoms with E-state index in [2.05, 4.69) is 15.2 Å². The third-order valence-corrected chi connectivity index (χ3v) is 3.39. The summed E-state index contributed by atoms with van der Waals surface area (Å²) in [6.45, 7) is 4.02. The number of benzene rings is 1. The van der Waals surface area contributed by atoms with Crippen molar-refractivity contribution in [2.75, 3.05) is 26.2 Å². The molecule has 5 heteroatoms. The molecular formula is C13H18N4O. The monoisotopic (exact) mass is 246 g/mol. The summed E-state index contributed by atoms with van der Waals surface area (Å²) in [6.07, 6.45) is 3.99. The van der Waals surface area contributed by atoms with Crippen LogP contribution in [-0.2, 0) is 0 Å². The normalized spacial score (nSPS) is 17.1. The maximum Gasteiger partial charge on any atom is 0.130 e. The lowest BCUT2D eigenvalue weighted by atomic mass is 10.1. The Morgan fingerprint density at radius 1 is 1.11 bits per heavy atom. The van der Waals surface area contributed by atoms with E-state index >= 15 is 0 Å². The van der Waals surface area contributed by atoms with Crippen LogP contribution in [0.5, 0.6) is 0 Å². The quantitative estimate of drug-likeness (QED) is 0.816. The topological polar surface area (TPSA) is 43.2 Å². The molecule has 0 radical (unpaired) electrons. The molecule has 5 nitrogen and oxygen atoms in total. The van der Waals surface area contributed by atoms with E-state index in [1.165, 1.54) is 37.2 Å². The molecule has 0 bridgehead atoms. The summed E-state index contributed by atoms with van der Waals surface area (Å²) in [4.78, 5) is 9.64. The van der Waals surface area contributed by atoms with Gasteiger partial charge in [0.05, 0.1) is 0 Å². The number of hydrogen-bond acceptors (Lipinski definition) is 4. The molecule has 18 heavy (non-hydrogen) atoms. The molecule has 0 saturated carbocycles. The average molecular weight is 246 g/mol. The van der Waals surface area contributed by atoms with Gasteiger partial charge in [0.25, 0.3) is 0 Å². The Balaban J connectivity index is 1.56. The summed E-state index contributed by atoms with van der Waals surface area (Å²) in [5, 5.41) is 8.06. The molecule has 0 N–H and O–H groups in total. The fraction of sp³-hybridized carbons (Fsp3) is 0.538. The van der Waals surface area contributed by atoms with Crippen molar-refractivity contribution in [3.8, 4) is 0 Å². The van der Waals surface area contributed by atoms with Gasteiger partial charge in [-0.3, -0.25) is 4.90 Å². The van der Waals surface area contributed by atoms with Crippen molar-refractivity contribution in [1.82, 2.24) is 20.1 Å². The summed E-state index contributed by atoms with van der Waals surface area (Å²) >= 11 is 0. The number of aromatic nitrogens is 3. The van der Waals surface area contributed by atoms with Gasteiger partial charge in [-0.05, 0) is 43.3 Å². The summed E-state index contributed by atoms with van der Waals surface area (Å²) in [7, 11) is 0. The predicted molar refractivity (Wildman–Crippen MR) is 69.3 cm³/mol. The molecule has 0 aliphatic carbocycles. The van der Waals surface area contributed by atoms with Crippen LogP contribution in [0, 0.1) is 0 Å². The van der Waals surface area contributed by atoms with Crippen LogP contribution in [0.3, 0.4) is 0 Å². The molecule has 2 aromatic rings. The molecular weight excluding hydrogens is 228 g/mol. The molecule has 2 heterocycles. The second kappa shape index (κ2) is 5.35. The maximum atomic E-state index is 5.66. The zero-order valence-electron chi connectivity index (χ0n) is 10.5. The fourth-order valence-corrected chi connectivity index (χ4v) is 2.38. The van der Waals surface area contributed by atoms with Crippen molar-refractivity contribution >= 4 is 11.0 Å². The average Bonchev–Trinajstić information content (AvgIpc) is 2.84. The van der Waals surface area contributed by atoms with E-state index in [1.54, 1.807) is 0 Å². The molecule has 0 spiro atoms. The van der Waals surface area contributed by atoms with Crippen LogP contribution in [0.1, 0.15) is 19.3 Å². The van der Waals surface area contributed by atoms with E-state index in [-0.39, 0.29) is 0 Å². The number of nitrogens with zero attached hydrogens (tertiary/aromatic N) is 4. The lowest BCUT2D eigenvalue weighted by Crippen LogP contribution is -2.34.